The zero-order valence-corrected chi connectivity index (χ0v) is 13.5. The van der Waals surface area contributed by atoms with Crippen molar-refractivity contribution in [2.24, 2.45) is 5.92 Å². The van der Waals surface area contributed by atoms with Crippen LogP contribution in [0.25, 0.3) is 0 Å². The van der Waals surface area contributed by atoms with Crippen LogP contribution in [0.2, 0.25) is 0 Å². The number of benzene rings is 2. The van der Waals surface area contributed by atoms with Gasteiger partial charge in [0, 0.05) is 24.7 Å². The van der Waals surface area contributed by atoms with E-state index in [-0.39, 0.29) is 17.7 Å². The van der Waals surface area contributed by atoms with E-state index < -0.39 is 0 Å². The first kappa shape index (κ1) is 15.6. The van der Waals surface area contributed by atoms with Crippen LogP contribution in [0.15, 0.2) is 54.6 Å². The maximum atomic E-state index is 12.7. The molecule has 3 rings (SSSR count). The molecule has 4 heteroatoms. The normalized spacial score (nSPS) is 21.1. The van der Waals surface area contributed by atoms with Gasteiger partial charge in [-0.25, -0.2) is 0 Å². The van der Waals surface area contributed by atoms with Crippen molar-refractivity contribution in [2.45, 2.75) is 5.92 Å². The minimum Gasteiger partial charge on any atom is -0.497 e. The number of nitrogens with zero attached hydrogens (tertiary/aromatic N) is 1. The molecule has 1 amide bonds. The number of ether oxygens (including phenoxy) is 1. The van der Waals surface area contributed by atoms with Crippen molar-refractivity contribution in [3.63, 3.8) is 0 Å². The number of methoxy groups -OCH3 is 1. The molecule has 1 saturated heterocycles. The zero-order chi connectivity index (χ0) is 16.2. The monoisotopic (exact) mass is 310 g/mol. The van der Waals surface area contributed by atoms with Crippen molar-refractivity contribution < 1.29 is 9.53 Å². The van der Waals surface area contributed by atoms with Crippen LogP contribution in [0, 0.1) is 5.92 Å². The number of rotatable bonds is 4. The number of likely N-dealkylation sites (tertiary alicyclic amines) is 1. The Morgan fingerprint density at radius 2 is 1.78 bits per heavy atom. The minimum absolute atomic E-state index is 0.0375. The van der Waals surface area contributed by atoms with Crippen molar-refractivity contribution in [1.82, 2.24) is 4.90 Å². The highest BCUT2D eigenvalue weighted by molar-refractivity contribution is 5.93. The van der Waals surface area contributed by atoms with Crippen LogP contribution < -0.4 is 10.1 Å². The third-order valence-corrected chi connectivity index (χ3v) is 4.42. The molecule has 1 heterocycles. The van der Waals surface area contributed by atoms with E-state index in [9.17, 15) is 4.79 Å². The van der Waals surface area contributed by atoms with Gasteiger partial charge in [-0.2, -0.15) is 0 Å². The molecule has 23 heavy (non-hydrogen) atoms. The van der Waals surface area contributed by atoms with E-state index in [1.807, 2.05) is 42.5 Å². The van der Waals surface area contributed by atoms with Gasteiger partial charge in [0.15, 0.2) is 0 Å². The average molecular weight is 310 g/mol. The lowest BCUT2D eigenvalue weighted by Crippen LogP contribution is -2.28. The second-order valence-corrected chi connectivity index (χ2v) is 6.06. The van der Waals surface area contributed by atoms with E-state index in [1.165, 1.54) is 5.56 Å². The predicted octanol–water partition coefficient (Wildman–Crippen LogP) is 2.98. The lowest BCUT2D eigenvalue weighted by atomic mass is 9.88. The number of carbonyl (C=O) groups is 1. The highest BCUT2D eigenvalue weighted by Gasteiger charge is 2.36. The Bertz CT molecular complexity index is 655. The van der Waals surface area contributed by atoms with E-state index in [0.717, 1.165) is 24.5 Å². The Morgan fingerprint density at radius 1 is 1.09 bits per heavy atom. The first-order valence-corrected chi connectivity index (χ1v) is 7.86. The molecule has 0 aromatic heterocycles. The molecule has 1 fully saturated rings. The number of anilines is 1. The largest absolute Gasteiger partial charge is 0.497 e. The predicted molar refractivity (Wildman–Crippen MR) is 91.8 cm³/mol. The summed E-state index contributed by atoms with van der Waals surface area (Å²) in [5.74, 6) is 1.06. The summed E-state index contributed by atoms with van der Waals surface area (Å²) in [6.45, 7) is 1.69. The SMILES string of the molecule is COc1ccc(NC(=O)[C@@H]2CN(C)C[C@H]2c2ccccc2)cc1. The Labute approximate surface area is 137 Å². The lowest BCUT2D eigenvalue weighted by Gasteiger charge is -2.18. The third-order valence-electron chi connectivity index (χ3n) is 4.42. The molecular formula is C19H22N2O2. The minimum atomic E-state index is -0.0375. The number of hydrogen-bond acceptors (Lipinski definition) is 3. The molecule has 0 unspecified atom stereocenters. The number of hydrogen-bond donors (Lipinski definition) is 1. The van der Waals surface area contributed by atoms with Gasteiger partial charge in [0.1, 0.15) is 5.75 Å². The van der Waals surface area contributed by atoms with Gasteiger partial charge in [-0.05, 0) is 36.9 Å². The van der Waals surface area contributed by atoms with Gasteiger partial charge < -0.3 is 15.0 Å². The van der Waals surface area contributed by atoms with Gasteiger partial charge in [0.05, 0.1) is 13.0 Å². The van der Waals surface area contributed by atoms with E-state index >= 15 is 0 Å². The van der Waals surface area contributed by atoms with Gasteiger partial charge in [0.2, 0.25) is 5.91 Å². The summed E-state index contributed by atoms with van der Waals surface area (Å²) in [5.41, 5.74) is 2.03. The molecule has 0 radical (unpaired) electrons. The second kappa shape index (κ2) is 6.84. The van der Waals surface area contributed by atoms with Crippen LogP contribution >= 0.6 is 0 Å². The molecule has 0 aliphatic carbocycles. The summed E-state index contributed by atoms with van der Waals surface area (Å²) in [5, 5.41) is 3.03. The average Bonchev–Trinajstić information content (AvgIpc) is 2.98. The van der Waals surface area contributed by atoms with Gasteiger partial charge >= 0.3 is 0 Å². The summed E-state index contributed by atoms with van der Waals surface area (Å²) >= 11 is 0. The number of nitrogens with one attached hydrogen (secondary N) is 1. The van der Waals surface area contributed by atoms with Crippen molar-refractivity contribution in [3.8, 4) is 5.75 Å². The van der Waals surface area contributed by atoms with E-state index in [1.54, 1.807) is 7.11 Å². The molecule has 0 spiro atoms. The second-order valence-electron chi connectivity index (χ2n) is 6.06. The van der Waals surface area contributed by atoms with Crippen LogP contribution in [0.3, 0.4) is 0 Å². The molecule has 120 valence electrons. The van der Waals surface area contributed by atoms with Crippen LogP contribution in [-0.2, 0) is 4.79 Å². The fraction of sp³-hybridized carbons (Fsp3) is 0.316. The van der Waals surface area contributed by atoms with Crippen molar-refractivity contribution in [3.05, 3.63) is 60.2 Å². The van der Waals surface area contributed by atoms with Gasteiger partial charge in [-0.3, -0.25) is 4.79 Å². The van der Waals surface area contributed by atoms with E-state index in [4.69, 9.17) is 4.74 Å². The Kier molecular flexibility index (Phi) is 4.63. The summed E-state index contributed by atoms with van der Waals surface area (Å²) in [7, 11) is 3.70. The number of amides is 1. The first-order chi connectivity index (χ1) is 11.2. The summed E-state index contributed by atoms with van der Waals surface area (Å²) in [6.07, 6.45) is 0. The fourth-order valence-electron chi connectivity index (χ4n) is 3.21. The topological polar surface area (TPSA) is 41.6 Å². The maximum Gasteiger partial charge on any atom is 0.229 e. The van der Waals surface area contributed by atoms with Crippen molar-refractivity contribution in [1.29, 1.82) is 0 Å². The number of likely N-dealkylation sites (N-methyl/N-ethyl adjacent to an activating group) is 1. The lowest BCUT2D eigenvalue weighted by molar-refractivity contribution is -0.119. The zero-order valence-electron chi connectivity index (χ0n) is 13.5. The Balaban J connectivity index is 1.74. The van der Waals surface area contributed by atoms with Crippen LogP contribution in [-0.4, -0.2) is 38.1 Å². The Hall–Kier alpha value is -2.33. The quantitative estimate of drug-likeness (QED) is 0.944. The van der Waals surface area contributed by atoms with Crippen LogP contribution in [0.1, 0.15) is 11.5 Å². The van der Waals surface area contributed by atoms with Crippen LogP contribution in [0.4, 0.5) is 5.69 Å². The molecule has 2 aromatic rings. The first-order valence-electron chi connectivity index (χ1n) is 7.86. The smallest absolute Gasteiger partial charge is 0.229 e. The van der Waals surface area contributed by atoms with E-state index in [2.05, 4.69) is 29.4 Å². The van der Waals surface area contributed by atoms with Gasteiger partial charge in [-0.15, -0.1) is 0 Å². The van der Waals surface area contributed by atoms with Gasteiger partial charge in [0.25, 0.3) is 0 Å². The highest BCUT2D eigenvalue weighted by Crippen LogP contribution is 2.32. The molecular weight excluding hydrogens is 288 g/mol. The molecule has 2 atom stereocenters. The Morgan fingerprint density at radius 3 is 2.43 bits per heavy atom. The molecule has 0 bridgehead atoms. The third kappa shape index (κ3) is 3.54. The molecule has 1 N–H and O–H groups in total. The maximum absolute atomic E-state index is 12.7. The van der Waals surface area contributed by atoms with Gasteiger partial charge in [-0.1, -0.05) is 30.3 Å². The molecule has 1 aliphatic heterocycles. The summed E-state index contributed by atoms with van der Waals surface area (Å²) < 4.78 is 5.14. The standard InChI is InChI=1S/C19H22N2O2/c1-21-12-17(14-6-4-3-5-7-14)18(13-21)19(22)20-15-8-10-16(23-2)11-9-15/h3-11,17-18H,12-13H2,1-2H3,(H,20,22)/t17-,18+/m0/s1. The van der Waals surface area contributed by atoms with Crippen molar-refractivity contribution >= 4 is 11.6 Å². The summed E-state index contributed by atoms with van der Waals surface area (Å²) in [6, 6.07) is 17.7. The van der Waals surface area contributed by atoms with Crippen LogP contribution in [0.5, 0.6) is 5.75 Å². The fourth-order valence-corrected chi connectivity index (χ4v) is 3.21. The highest BCUT2D eigenvalue weighted by atomic mass is 16.5. The van der Waals surface area contributed by atoms with Crippen molar-refractivity contribution in [2.75, 3.05) is 32.6 Å². The van der Waals surface area contributed by atoms with E-state index in [0.29, 0.717) is 0 Å². The molecule has 2 aromatic carbocycles. The summed E-state index contributed by atoms with van der Waals surface area (Å²) in [4.78, 5) is 14.9. The number of carbonyl (C=O) groups excluding carboxylic acids is 1. The molecule has 4 nitrogen and oxygen atoms in total. The molecule has 1 aliphatic rings. The molecule has 0 saturated carbocycles.